The lowest BCUT2D eigenvalue weighted by molar-refractivity contribution is 0.135. The zero-order valence-electron chi connectivity index (χ0n) is 14.8. The number of nitrogens with one attached hydrogen (secondary N) is 1. The fraction of sp³-hybridized carbons (Fsp3) is 0.300. The first-order valence-electron chi connectivity index (χ1n) is 8.83. The first-order valence-corrected chi connectivity index (χ1v) is 9.21. The molecule has 7 heteroatoms. The number of halogens is 2. The Morgan fingerprint density at radius 3 is 2.81 bits per heavy atom. The van der Waals surface area contributed by atoms with Gasteiger partial charge in [0.1, 0.15) is 0 Å². The van der Waals surface area contributed by atoms with E-state index in [2.05, 4.69) is 38.6 Å². The van der Waals surface area contributed by atoms with E-state index in [4.69, 9.17) is 16.1 Å². The molecule has 1 aliphatic heterocycles. The van der Waals surface area contributed by atoms with Crippen molar-refractivity contribution in [2.45, 2.75) is 19.0 Å². The van der Waals surface area contributed by atoms with Crippen molar-refractivity contribution in [1.82, 2.24) is 20.4 Å². The van der Waals surface area contributed by atoms with E-state index in [-0.39, 0.29) is 18.4 Å². The first kappa shape index (κ1) is 19.8. The maximum absolute atomic E-state index is 6.17. The van der Waals surface area contributed by atoms with Crippen LogP contribution in [0.25, 0.3) is 0 Å². The standard InChI is InChI=1S/C20H21ClN4O.ClH/c21-17-8-4-7-16(12-17)18-13-22-9-10-25(18)14-20-23-19(24-26-20)11-15-5-2-1-3-6-15;/h1-8,12,18,22H,9-11,13-14H2;1H. The molecule has 0 radical (unpaired) electrons. The number of hydrogen-bond donors (Lipinski definition) is 1. The van der Waals surface area contributed by atoms with E-state index >= 15 is 0 Å². The van der Waals surface area contributed by atoms with Gasteiger partial charge in [-0.2, -0.15) is 4.98 Å². The molecule has 4 rings (SSSR count). The molecular weight excluding hydrogens is 383 g/mol. The minimum absolute atomic E-state index is 0. The van der Waals surface area contributed by atoms with Crippen LogP contribution in [0.15, 0.2) is 59.1 Å². The summed E-state index contributed by atoms with van der Waals surface area (Å²) in [5, 5.41) is 8.35. The molecule has 1 atom stereocenters. The van der Waals surface area contributed by atoms with E-state index < -0.39 is 0 Å². The molecule has 1 unspecified atom stereocenters. The van der Waals surface area contributed by atoms with Gasteiger partial charge in [-0.15, -0.1) is 12.4 Å². The minimum atomic E-state index is 0. The summed E-state index contributed by atoms with van der Waals surface area (Å²) in [5.41, 5.74) is 2.38. The molecule has 0 amide bonds. The fourth-order valence-corrected chi connectivity index (χ4v) is 3.56. The smallest absolute Gasteiger partial charge is 0.240 e. The van der Waals surface area contributed by atoms with Gasteiger partial charge < -0.3 is 9.84 Å². The highest BCUT2D eigenvalue weighted by molar-refractivity contribution is 6.30. The summed E-state index contributed by atoms with van der Waals surface area (Å²) in [6, 6.07) is 18.5. The molecule has 3 aromatic rings. The number of piperazine rings is 1. The van der Waals surface area contributed by atoms with Crippen LogP contribution in [0.5, 0.6) is 0 Å². The maximum Gasteiger partial charge on any atom is 0.240 e. The zero-order valence-corrected chi connectivity index (χ0v) is 16.4. The summed E-state index contributed by atoms with van der Waals surface area (Å²) in [4.78, 5) is 6.94. The van der Waals surface area contributed by atoms with Gasteiger partial charge in [-0.05, 0) is 23.3 Å². The lowest BCUT2D eigenvalue weighted by Crippen LogP contribution is -2.45. The summed E-state index contributed by atoms with van der Waals surface area (Å²) < 4.78 is 5.50. The summed E-state index contributed by atoms with van der Waals surface area (Å²) in [5.74, 6) is 1.38. The van der Waals surface area contributed by atoms with Gasteiger partial charge in [-0.3, -0.25) is 4.90 Å². The molecule has 142 valence electrons. The molecule has 5 nitrogen and oxygen atoms in total. The second-order valence-corrected chi connectivity index (χ2v) is 6.95. The molecule has 2 heterocycles. The van der Waals surface area contributed by atoms with Crippen molar-refractivity contribution in [3.8, 4) is 0 Å². The maximum atomic E-state index is 6.17. The van der Waals surface area contributed by atoms with Gasteiger partial charge in [-0.1, -0.05) is 59.2 Å². The average Bonchev–Trinajstić information content (AvgIpc) is 3.10. The minimum Gasteiger partial charge on any atom is -0.338 e. The van der Waals surface area contributed by atoms with Crippen LogP contribution >= 0.6 is 24.0 Å². The van der Waals surface area contributed by atoms with E-state index in [0.717, 1.165) is 30.5 Å². The van der Waals surface area contributed by atoms with Crippen molar-refractivity contribution >= 4 is 24.0 Å². The van der Waals surface area contributed by atoms with Crippen LogP contribution in [-0.2, 0) is 13.0 Å². The van der Waals surface area contributed by atoms with E-state index in [9.17, 15) is 0 Å². The van der Waals surface area contributed by atoms with E-state index in [1.165, 1.54) is 11.1 Å². The van der Waals surface area contributed by atoms with Gasteiger partial charge in [0.05, 0.1) is 6.54 Å². The van der Waals surface area contributed by atoms with Crippen LogP contribution < -0.4 is 5.32 Å². The Labute approximate surface area is 170 Å². The zero-order chi connectivity index (χ0) is 17.8. The van der Waals surface area contributed by atoms with Crippen molar-refractivity contribution < 1.29 is 4.52 Å². The quantitative estimate of drug-likeness (QED) is 0.698. The number of rotatable bonds is 5. The normalized spacial score (nSPS) is 17.4. The molecule has 0 bridgehead atoms. The first-order chi connectivity index (χ1) is 12.8. The van der Waals surface area contributed by atoms with Crippen LogP contribution in [0.4, 0.5) is 0 Å². The molecule has 27 heavy (non-hydrogen) atoms. The molecule has 1 N–H and O–H groups in total. The van der Waals surface area contributed by atoms with Crippen molar-refractivity contribution in [3.05, 3.63) is 82.5 Å². The second kappa shape index (κ2) is 9.33. The van der Waals surface area contributed by atoms with Crippen molar-refractivity contribution in [3.63, 3.8) is 0 Å². The highest BCUT2D eigenvalue weighted by Crippen LogP contribution is 2.26. The highest BCUT2D eigenvalue weighted by Gasteiger charge is 2.25. The largest absolute Gasteiger partial charge is 0.338 e. The third-order valence-corrected chi connectivity index (χ3v) is 4.88. The molecule has 0 aliphatic carbocycles. The Morgan fingerprint density at radius 2 is 2.00 bits per heavy atom. The summed E-state index contributed by atoms with van der Waals surface area (Å²) in [6.45, 7) is 3.39. The summed E-state index contributed by atoms with van der Waals surface area (Å²) in [6.07, 6.45) is 0.684. The lowest BCUT2D eigenvalue weighted by Gasteiger charge is -2.35. The van der Waals surface area contributed by atoms with Crippen LogP contribution in [0.1, 0.15) is 28.9 Å². The van der Waals surface area contributed by atoms with Crippen LogP contribution in [0, 0.1) is 0 Å². The Morgan fingerprint density at radius 1 is 1.15 bits per heavy atom. The third-order valence-electron chi connectivity index (χ3n) is 4.64. The molecule has 1 saturated heterocycles. The molecule has 1 fully saturated rings. The monoisotopic (exact) mass is 404 g/mol. The predicted octanol–water partition coefficient (Wildman–Crippen LogP) is 3.88. The Bertz CT molecular complexity index is 856. The number of aromatic nitrogens is 2. The fourth-order valence-electron chi connectivity index (χ4n) is 3.36. The van der Waals surface area contributed by atoms with Gasteiger partial charge in [-0.25, -0.2) is 0 Å². The predicted molar refractivity (Wildman–Crippen MR) is 108 cm³/mol. The molecule has 0 spiro atoms. The number of nitrogens with zero attached hydrogens (tertiary/aromatic N) is 3. The van der Waals surface area contributed by atoms with E-state index in [0.29, 0.717) is 18.9 Å². The van der Waals surface area contributed by atoms with Crippen molar-refractivity contribution in [1.29, 1.82) is 0 Å². The molecule has 2 aromatic carbocycles. The Hall–Kier alpha value is -1.92. The highest BCUT2D eigenvalue weighted by atomic mass is 35.5. The topological polar surface area (TPSA) is 54.2 Å². The second-order valence-electron chi connectivity index (χ2n) is 6.51. The van der Waals surface area contributed by atoms with Crippen LogP contribution in [-0.4, -0.2) is 34.7 Å². The van der Waals surface area contributed by atoms with E-state index in [1.54, 1.807) is 0 Å². The molecular formula is C20H22Cl2N4O. The summed E-state index contributed by atoms with van der Waals surface area (Å²) in [7, 11) is 0. The van der Waals surface area contributed by atoms with Gasteiger partial charge in [0.2, 0.25) is 5.89 Å². The van der Waals surface area contributed by atoms with Gasteiger partial charge in [0, 0.05) is 37.1 Å². The Balaban J connectivity index is 0.00000210. The SMILES string of the molecule is Cl.Clc1cccc(C2CNCCN2Cc2nc(Cc3ccccc3)no2)c1. The van der Waals surface area contributed by atoms with Crippen LogP contribution in [0.2, 0.25) is 5.02 Å². The van der Waals surface area contributed by atoms with Crippen LogP contribution in [0.3, 0.4) is 0 Å². The average molecular weight is 405 g/mol. The molecule has 1 aliphatic rings. The number of benzene rings is 2. The van der Waals surface area contributed by atoms with Gasteiger partial charge in [0.25, 0.3) is 0 Å². The van der Waals surface area contributed by atoms with Gasteiger partial charge >= 0.3 is 0 Å². The lowest BCUT2D eigenvalue weighted by atomic mass is 10.0. The van der Waals surface area contributed by atoms with Gasteiger partial charge in [0.15, 0.2) is 5.82 Å². The number of hydrogen-bond acceptors (Lipinski definition) is 5. The third kappa shape index (κ3) is 5.08. The molecule has 0 saturated carbocycles. The van der Waals surface area contributed by atoms with E-state index in [1.807, 2.05) is 36.4 Å². The Kier molecular flexibility index (Phi) is 6.85. The summed E-state index contributed by atoms with van der Waals surface area (Å²) >= 11 is 6.17. The van der Waals surface area contributed by atoms with Crippen molar-refractivity contribution in [2.24, 2.45) is 0 Å². The van der Waals surface area contributed by atoms with Crippen molar-refractivity contribution in [2.75, 3.05) is 19.6 Å². The molecule has 1 aromatic heterocycles.